The maximum absolute atomic E-state index is 4.81. The zero-order chi connectivity index (χ0) is 16.2. The van der Waals surface area contributed by atoms with E-state index in [1.54, 1.807) is 0 Å². The number of hydrogen-bond acceptors (Lipinski definition) is 2. The van der Waals surface area contributed by atoms with Crippen LogP contribution in [-0.4, -0.2) is 42.6 Å². The summed E-state index contributed by atoms with van der Waals surface area (Å²) in [5.41, 5.74) is 2.99. The molecule has 2 aliphatic rings. The molecule has 0 aromatic heterocycles. The fourth-order valence-corrected chi connectivity index (χ4v) is 3.25. The van der Waals surface area contributed by atoms with Crippen molar-refractivity contribution in [2.24, 2.45) is 10.9 Å². The highest BCUT2D eigenvalue weighted by atomic mass is 15.2. The number of rotatable bonds is 5. The van der Waals surface area contributed by atoms with Gasteiger partial charge in [0.05, 0.1) is 6.54 Å². The highest BCUT2D eigenvalue weighted by Crippen LogP contribution is 2.28. The van der Waals surface area contributed by atoms with Gasteiger partial charge in [0.1, 0.15) is 0 Å². The SMILES string of the molecule is CCNC(=NCC(C)N1CCc2ccccc2C1)NC1CC1C. The van der Waals surface area contributed by atoms with Gasteiger partial charge in [0.25, 0.3) is 0 Å². The second-order valence-corrected chi connectivity index (χ2v) is 7.02. The fraction of sp³-hybridized carbons (Fsp3) is 0.632. The van der Waals surface area contributed by atoms with Crippen LogP contribution in [0.3, 0.4) is 0 Å². The first-order valence-electron chi connectivity index (χ1n) is 9.03. The summed E-state index contributed by atoms with van der Waals surface area (Å²) in [4.78, 5) is 7.36. The normalized spacial score (nSPS) is 25.6. The van der Waals surface area contributed by atoms with E-state index < -0.39 is 0 Å². The molecule has 1 fully saturated rings. The molecular formula is C19H30N4. The summed E-state index contributed by atoms with van der Waals surface area (Å²) in [6, 6.07) is 9.90. The number of hydrogen-bond donors (Lipinski definition) is 2. The third-order valence-electron chi connectivity index (χ3n) is 5.07. The molecule has 3 atom stereocenters. The Balaban J connectivity index is 1.55. The quantitative estimate of drug-likeness (QED) is 0.647. The van der Waals surface area contributed by atoms with E-state index in [1.807, 2.05) is 0 Å². The molecule has 4 heteroatoms. The lowest BCUT2D eigenvalue weighted by Gasteiger charge is -2.33. The Hall–Kier alpha value is -1.55. The van der Waals surface area contributed by atoms with E-state index in [0.29, 0.717) is 12.1 Å². The van der Waals surface area contributed by atoms with Gasteiger partial charge in [-0.05, 0) is 43.7 Å². The van der Waals surface area contributed by atoms with Gasteiger partial charge in [-0.1, -0.05) is 31.2 Å². The summed E-state index contributed by atoms with van der Waals surface area (Å²) in [7, 11) is 0. The van der Waals surface area contributed by atoms with Crippen molar-refractivity contribution < 1.29 is 0 Å². The van der Waals surface area contributed by atoms with E-state index in [4.69, 9.17) is 4.99 Å². The van der Waals surface area contributed by atoms with Crippen LogP contribution in [0.2, 0.25) is 0 Å². The molecule has 0 bridgehead atoms. The Kier molecular flexibility index (Phi) is 5.21. The van der Waals surface area contributed by atoms with Crippen LogP contribution in [0.5, 0.6) is 0 Å². The third kappa shape index (κ3) is 4.25. The minimum Gasteiger partial charge on any atom is -0.357 e. The summed E-state index contributed by atoms with van der Waals surface area (Å²) in [6.45, 7) is 10.7. The third-order valence-corrected chi connectivity index (χ3v) is 5.07. The van der Waals surface area contributed by atoms with Crippen LogP contribution in [0.4, 0.5) is 0 Å². The van der Waals surface area contributed by atoms with Crippen molar-refractivity contribution in [3.05, 3.63) is 35.4 Å². The van der Waals surface area contributed by atoms with Crippen LogP contribution in [0.25, 0.3) is 0 Å². The topological polar surface area (TPSA) is 39.7 Å². The summed E-state index contributed by atoms with van der Waals surface area (Å²) < 4.78 is 0. The highest BCUT2D eigenvalue weighted by Gasteiger charge is 2.33. The van der Waals surface area contributed by atoms with Gasteiger partial charge in [-0.2, -0.15) is 0 Å². The average molecular weight is 314 g/mol. The summed E-state index contributed by atoms with van der Waals surface area (Å²) >= 11 is 0. The first-order chi connectivity index (χ1) is 11.2. The molecule has 1 saturated carbocycles. The van der Waals surface area contributed by atoms with Crippen molar-refractivity contribution in [1.29, 1.82) is 0 Å². The minimum atomic E-state index is 0.468. The van der Waals surface area contributed by atoms with Crippen LogP contribution < -0.4 is 10.6 Å². The molecule has 3 unspecified atom stereocenters. The van der Waals surface area contributed by atoms with E-state index in [1.165, 1.54) is 17.5 Å². The number of aliphatic imine (C=N–C) groups is 1. The molecule has 0 spiro atoms. The molecule has 1 aliphatic carbocycles. The Morgan fingerprint density at radius 2 is 2.09 bits per heavy atom. The Morgan fingerprint density at radius 1 is 1.35 bits per heavy atom. The number of fused-ring (bicyclic) bond motifs is 1. The lowest BCUT2D eigenvalue weighted by atomic mass is 9.99. The molecule has 0 amide bonds. The van der Waals surface area contributed by atoms with E-state index in [0.717, 1.165) is 44.5 Å². The van der Waals surface area contributed by atoms with Crippen LogP contribution in [0.1, 0.15) is 38.3 Å². The maximum atomic E-state index is 4.81. The van der Waals surface area contributed by atoms with E-state index >= 15 is 0 Å². The molecule has 1 aromatic rings. The predicted octanol–water partition coefficient (Wildman–Crippen LogP) is 2.40. The molecule has 0 radical (unpaired) electrons. The van der Waals surface area contributed by atoms with Crippen LogP contribution in [0.15, 0.2) is 29.3 Å². The van der Waals surface area contributed by atoms with Crippen molar-refractivity contribution in [1.82, 2.24) is 15.5 Å². The minimum absolute atomic E-state index is 0.468. The molecule has 0 saturated heterocycles. The van der Waals surface area contributed by atoms with Gasteiger partial charge in [0.2, 0.25) is 0 Å². The number of guanidine groups is 1. The van der Waals surface area contributed by atoms with Gasteiger partial charge in [-0.25, -0.2) is 0 Å². The lowest BCUT2D eigenvalue weighted by molar-refractivity contribution is 0.195. The fourth-order valence-electron chi connectivity index (χ4n) is 3.25. The van der Waals surface area contributed by atoms with Gasteiger partial charge in [0.15, 0.2) is 5.96 Å². The molecule has 2 N–H and O–H groups in total. The Labute approximate surface area is 140 Å². The molecule has 23 heavy (non-hydrogen) atoms. The van der Waals surface area contributed by atoms with Crippen LogP contribution >= 0.6 is 0 Å². The second-order valence-electron chi connectivity index (χ2n) is 7.02. The smallest absolute Gasteiger partial charge is 0.191 e. The van der Waals surface area contributed by atoms with Gasteiger partial charge in [-0.3, -0.25) is 9.89 Å². The van der Waals surface area contributed by atoms with Crippen molar-refractivity contribution >= 4 is 5.96 Å². The van der Waals surface area contributed by atoms with Crippen molar-refractivity contribution in [3.8, 4) is 0 Å². The lowest BCUT2D eigenvalue weighted by Crippen LogP contribution is -2.42. The Morgan fingerprint density at radius 3 is 2.78 bits per heavy atom. The van der Waals surface area contributed by atoms with E-state index in [2.05, 4.69) is 60.6 Å². The van der Waals surface area contributed by atoms with E-state index in [9.17, 15) is 0 Å². The Bertz CT molecular complexity index is 554. The van der Waals surface area contributed by atoms with Gasteiger partial charge < -0.3 is 10.6 Å². The average Bonchev–Trinajstić information content (AvgIpc) is 3.27. The monoisotopic (exact) mass is 314 g/mol. The molecular weight excluding hydrogens is 284 g/mol. The van der Waals surface area contributed by atoms with Crippen molar-refractivity contribution in [2.45, 2.75) is 52.2 Å². The van der Waals surface area contributed by atoms with Gasteiger partial charge in [0, 0.05) is 31.7 Å². The van der Waals surface area contributed by atoms with Crippen molar-refractivity contribution in [2.75, 3.05) is 19.6 Å². The maximum Gasteiger partial charge on any atom is 0.191 e. The first-order valence-corrected chi connectivity index (χ1v) is 9.03. The molecule has 1 heterocycles. The van der Waals surface area contributed by atoms with Gasteiger partial charge in [-0.15, -0.1) is 0 Å². The largest absolute Gasteiger partial charge is 0.357 e. The van der Waals surface area contributed by atoms with Gasteiger partial charge >= 0.3 is 0 Å². The second kappa shape index (κ2) is 7.35. The van der Waals surface area contributed by atoms with E-state index in [-0.39, 0.29) is 0 Å². The molecule has 3 rings (SSSR count). The highest BCUT2D eigenvalue weighted by molar-refractivity contribution is 5.80. The standard InChI is InChI=1S/C19H30N4/c1-4-20-19(22-18-11-14(18)2)21-12-15(3)23-10-9-16-7-5-6-8-17(16)13-23/h5-8,14-15,18H,4,9-13H2,1-3H3,(H2,20,21,22). The molecule has 126 valence electrons. The summed E-state index contributed by atoms with van der Waals surface area (Å²) in [6.07, 6.45) is 2.42. The zero-order valence-electron chi connectivity index (χ0n) is 14.7. The van der Waals surface area contributed by atoms with Crippen LogP contribution in [-0.2, 0) is 13.0 Å². The zero-order valence-corrected chi connectivity index (χ0v) is 14.7. The van der Waals surface area contributed by atoms with Crippen LogP contribution in [0, 0.1) is 5.92 Å². The molecule has 1 aliphatic heterocycles. The molecule has 1 aromatic carbocycles. The number of benzene rings is 1. The first kappa shape index (κ1) is 16.3. The summed E-state index contributed by atoms with van der Waals surface area (Å²) in [5.74, 6) is 1.76. The number of nitrogens with one attached hydrogen (secondary N) is 2. The molecule has 4 nitrogen and oxygen atoms in total. The number of nitrogens with zero attached hydrogens (tertiary/aromatic N) is 2. The predicted molar refractivity (Wildman–Crippen MR) is 96.7 cm³/mol. The summed E-state index contributed by atoms with van der Waals surface area (Å²) in [5, 5.41) is 6.90. The van der Waals surface area contributed by atoms with Crippen molar-refractivity contribution in [3.63, 3.8) is 0 Å².